The zero-order chi connectivity index (χ0) is 22.3. The predicted octanol–water partition coefficient (Wildman–Crippen LogP) is 6.03. The Morgan fingerprint density at radius 3 is 2.28 bits per heavy atom. The van der Waals surface area contributed by atoms with E-state index in [4.69, 9.17) is 14.2 Å². The number of phenols is 1. The molecule has 1 N–H and O–H groups in total. The molecule has 0 fully saturated rings. The van der Waals surface area contributed by atoms with E-state index in [0.29, 0.717) is 31.5 Å². The van der Waals surface area contributed by atoms with Gasteiger partial charge in [0.05, 0.1) is 0 Å². The normalized spacial score (nSPS) is 17.8. The summed E-state index contributed by atoms with van der Waals surface area (Å²) in [5, 5.41) is 10.0. The van der Waals surface area contributed by atoms with Gasteiger partial charge < -0.3 is 19.3 Å². The second-order valence-electron chi connectivity index (χ2n) is 8.14. The molecule has 0 saturated carbocycles. The summed E-state index contributed by atoms with van der Waals surface area (Å²) in [6.45, 7) is 5.44. The van der Waals surface area contributed by atoms with Crippen molar-refractivity contribution in [2.75, 3.05) is 19.8 Å². The van der Waals surface area contributed by atoms with Crippen molar-refractivity contribution in [2.24, 2.45) is 0 Å². The topological polar surface area (TPSA) is 47.9 Å². The number of hydrogen-bond acceptors (Lipinski definition) is 4. The van der Waals surface area contributed by atoms with E-state index in [1.807, 2.05) is 32.0 Å². The number of rotatable bonds is 9. The van der Waals surface area contributed by atoms with E-state index in [0.717, 1.165) is 18.6 Å². The Bertz CT molecular complexity index is 978. The van der Waals surface area contributed by atoms with Crippen LogP contribution in [0.25, 0.3) is 0 Å². The molecule has 2 unspecified atom stereocenters. The fourth-order valence-corrected chi connectivity index (χ4v) is 4.73. The van der Waals surface area contributed by atoms with E-state index >= 15 is 0 Å². The third kappa shape index (κ3) is 5.14. The summed E-state index contributed by atoms with van der Waals surface area (Å²) < 4.78 is 17.1. The standard InChI is InChI=1S/C28H32O4/c1-3-30-27(31-4-2)19-32-24-14-10-21(11-15-24)28-25(20-8-6-5-7-9-20)16-12-22-18-23(29)13-17-26(22)28/h5-11,13-15,17-18,25,27-29H,3-4,12,16,19H2,1-2H3. The Morgan fingerprint density at radius 1 is 0.875 bits per heavy atom. The molecular weight excluding hydrogens is 400 g/mol. The van der Waals surface area contributed by atoms with Gasteiger partial charge in [-0.1, -0.05) is 48.5 Å². The van der Waals surface area contributed by atoms with Gasteiger partial charge in [0.15, 0.2) is 6.29 Å². The van der Waals surface area contributed by atoms with Crippen molar-refractivity contribution in [3.8, 4) is 11.5 Å². The molecule has 3 aromatic rings. The Labute approximate surface area is 190 Å². The first-order valence-corrected chi connectivity index (χ1v) is 11.5. The molecule has 0 amide bonds. The first-order chi connectivity index (χ1) is 15.7. The third-order valence-corrected chi connectivity index (χ3v) is 6.15. The average molecular weight is 433 g/mol. The Balaban J connectivity index is 1.59. The molecule has 0 aromatic heterocycles. The number of fused-ring (bicyclic) bond motifs is 1. The van der Waals surface area contributed by atoms with Crippen LogP contribution in [0.3, 0.4) is 0 Å². The summed E-state index contributed by atoms with van der Waals surface area (Å²) >= 11 is 0. The van der Waals surface area contributed by atoms with E-state index in [1.165, 1.54) is 22.3 Å². The molecule has 1 aliphatic carbocycles. The summed E-state index contributed by atoms with van der Waals surface area (Å²) in [7, 11) is 0. The summed E-state index contributed by atoms with van der Waals surface area (Å²) in [5.41, 5.74) is 5.14. The van der Waals surface area contributed by atoms with E-state index in [2.05, 4.69) is 48.5 Å². The summed E-state index contributed by atoms with van der Waals surface area (Å²) in [6.07, 6.45) is 1.66. The number of ether oxygens (including phenoxy) is 3. The Morgan fingerprint density at radius 2 is 1.59 bits per heavy atom. The highest BCUT2D eigenvalue weighted by Crippen LogP contribution is 2.47. The second-order valence-corrected chi connectivity index (χ2v) is 8.14. The number of aryl methyl sites for hydroxylation is 1. The molecule has 0 bridgehead atoms. The molecule has 0 aliphatic heterocycles. The monoisotopic (exact) mass is 432 g/mol. The van der Waals surface area contributed by atoms with Crippen molar-refractivity contribution < 1.29 is 19.3 Å². The second kappa shape index (κ2) is 10.7. The minimum absolute atomic E-state index is 0.232. The fraction of sp³-hybridized carbons (Fsp3) is 0.357. The number of benzene rings is 3. The lowest BCUT2D eigenvalue weighted by Gasteiger charge is -2.35. The predicted molar refractivity (Wildman–Crippen MR) is 126 cm³/mol. The quantitative estimate of drug-likeness (QED) is 0.419. The largest absolute Gasteiger partial charge is 0.508 e. The smallest absolute Gasteiger partial charge is 0.191 e. The van der Waals surface area contributed by atoms with Crippen LogP contribution < -0.4 is 4.74 Å². The minimum Gasteiger partial charge on any atom is -0.508 e. The van der Waals surface area contributed by atoms with Gasteiger partial charge in [-0.25, -0.2) is 0 Å². The molecule has 0 spiro atoms. The highest BCUT2D eigenvalue weighted by atomic mass is 16.7. The van der Waals surface area contributed by atoms with Crippen molar-refractivity contribution in [3.63, 3.8) is 0 Å². The molecule has 4 nitrogen and oxygen atoms in total. The van der Waals surface area contributed by atoms with Gasteiger partial charge in [-0.05, 0) is 79.1 Å². The van der Waals surface area contributed by atoms with Crippen LogP contribution >= 0.6 is 0 Å². The maximum Gasteiger partial charge on any atom is 0.191 e. The third-order valence-electron chi connectivity index (χ3n) is 6.15. The van der Waals surface area contributed by atoms with Crippen LogP contribution in [0, 0.1) is 0 Å². The maximum absolute atomic E-state index is 10.0. The zero-order valence-electron chi connectivity index (χ0n) is 18.9. The maximum atomic E-state index is 10.0. The molecule has 32 heavy (non-hydrogen) atoms. The first kappa shape index (κ1) is 22.4. The van der Waals surface area contributed by atoms with Gasteiger partial charge in [-0.3, -0.25) is 0 Å². The van der Waals surface area contributed by atoms with Crippen molar-refractivity contribution in [3.05, 3.63) is 95.1 Å². The average Bonchev–Trinajstić information content (AvgIpc) is 2.83. The van der Waals surface area contributed by atoms with Crippen LogP contribution in [0.1, 0.15) is 54.4 Å². The van der Waals surface area contributed by atoms with Crippen LogP contribution in [0.5, 0.6) is 11.5 Å². The molecule has 4 rings (SSSR count). The van der Waals surface area contributed by atoms with Crippen LogP contribution in [-0.2, 0) is 15.9 Å². The van der Waals surface area contributed by atoms with Crippen molar-refractivity contribution >= 4 is 0 Å². The Hall–Kier alpha value is -2.82. The SMILES string of the molecule is CCOC(COc1ccc(C2c3ccc(O)cc3CCC2c2ccccc2)cc1)OCC. The van der Waals surface area contributed by atoms with Gasteiger partial charge in [-0.2, -0.15) is 0 Å². The fourth-order valence-electron chi connectivity index (χ4n) is 4.73. The Kier molecular flexibility index (Phi) is 7.46. The van der Waals surface area contributed by atoms with E-state index in [1.54, 1.807) is 6.07 Å². The van der Waals surface area contributed by atoms with Crippen molar-refractivity contribution in [1.82, 2.24) is 0 Å². The molecule has 168 valence electrons. The van der Waals surface area contributed by atoms with Crippen molar-refractivity contribution in [2.45, 2.75) is 44.8 Å². The van der Waals surface area contributed by atoms with Crippen LogP contribution in [0.15, 0.2) is 72.8 Å². The van der Waals surface area contributed by atoms with Crippen LogP contribution in [-0.4, -0.2) is 31.2 Å². The van der Waals surface area contributed by atoms with Gasteiger partial charge in [0.25, 0.3) is 0 Å². The lowest BCUT2D eigenvalue weighted by atomic mass is 9.69. The van der Waals surface area contributed by atoms with Crippen LogP contribution in [0.4, 0.5) is 0 Å². The lowest BCUT2D eigenvalue weighted by Crippen LogP contribution is -2.25. The van der Waals surface area contributed by atoms with Gasteiger partial charge in [0, 0.05) is 19.1 Å². The minimum atomic E-state index is -0.356. The molecule has 2 atom stereocenters. The zero-order valence-corrected chi connectivity index (χ0v) is 18.9. The van der Waals surface area contributed by atoms with E-state index in [9.17, 15) is 5.11 Å². The highest BCUT2D eigenvalue weighted by molar-refractivity contribution is 5.48. The van der Waals surface area contributed by atoms with Gasteiger partial charge >= 0.3 is 0 Å². The van der Waals surface area contributed by atoms with Crippen molar-refractivity contribution in [1.29, 1.82) is 0 Å². The summed E-state index contributed by atoms with van der Waals surface area (Å²) in [5.74, 6) is 1.76. The number of hydrogen-bond donors (Lipinski definition) is 1. The first-order valence-electron chi connectivity index (χ1n) is 11.5. The molecule has 1 aliphatic rings. The molecule has 0 radical (unpaired) electrons. The van der Waals surface area contributed by atoms with E-state index in [-0.39, 0.29) is 12.2 Å². The molecule has 0 heterocycles. The molecule has 0 saturated heterocycles. The lowest BCUT2D eigenvalue weighted by molar-refractivity contribution is -0.152. The molecular formula is C28H32O4. The van der Waals surface area contributed by atoms with E-state index < -0.39 is 0 Å². The summed E-state index contributed by atoms with van der Waals surface area (Å²) in [6, 6.07) is 24.9. The van der Waals surface area contributed by atoms with Gasteiger partial charge in [0.1, 0.15) is 18.1 Å². The van der Waals surface area contributed by atoms with Crippen LogP contribution in [0.2, 0.25) is 0 Å². The highest BCUT2D eigenvalue weighted by Gasteiger charge is 2.32. The summed E-state index contributed by atoms with van der Waals surface area (Å²) in [4.78, 5) is 0. The van der Waals surface area contributed by atoms with Gasteiger partial charge in [-0.15, -0.1) is 0 Å². The molecule has 4 heteroatoms. The number of phenolic OH excluding ortho intramolecular Hbond substituents is 1. The van der Waals surface area contributed by atoms with Gasteiger partial charge in [0.2, 0.25) is 0 Å². The number of aromatic hydroxyl groups is 1. The molecule has 3 aromatic carbocycles.